The molecule has 2 unspecified atom stereocenters. The minimum Gasteiger partial charge on any atom is -0.479 e. The van der Waals surface area contributed by atoms with Crippen molar-refractivity contribution in [1.29, 1.82) is 5.41 Å². The fourth-order valence-corrected chi connectivity index (χ4v) is 3.55. The first-order chi connectivity index (χ1) is 18.6. The van der Waals surface area contributed by atoms with E-state index in [0.29, 0.717) is 28.0 Å². The number of hydrogen-bond donors (Lipinski definition) is 7. The normalized spacial score (nSPS) is 13.1. The van der Waals surface area contributed by atoms with Gasteiger partial charge in [-0.05, 0) is 107 Å². The molecular weight excluding hydrogens is 680 g/mol. The summed E-state index contributed by atoms with van der Waals surface area (Å²) in [6, 6.07) is 8.52. The van der Waals surface area contributed by atoms with Crippen molar-refractivity contribution < 1.29 is 28.8 Å². The largest absolute Gasteiger partial charge is 0.479 e. The van der Waals surface area contributed by atoms with E-state index in [2.05, 4.69) is 42.2 Å². The standard InChI is InChI=1S/C11H12BrFN2O.C10H11BrFNO2.C3H10N2.C2H6O.ClH/c12-8-6-7(2-3-9(8)13)10(16)11-14-4-1-5-15-11;1-2-15-10(13)9(14)6-3-4-8(12)7(11)5-6;4-2-1-3-5;1-2-3;/h2-3,6,10,16H,1,4-5H2,(H,14,15);3-5,9,13-14H,2H2,1H3;1-5H2;3H,2H2,1H3;1H. The van der Waals surface area contributed by atoms with E-state index in [0.717, 1.165) is 39.0 Å². The van der Waals surface area contributed by atoms with Gasteiger partial charge in [-0.2, -0.15) is 0 Å². The number of nitrogens with two attached hydrogens (primary N) is 2. The van der Waals surface area contributed by atoms with Gasteiger partial charge in [-0.15, -0.1) is 12.4 Å². The van der Waals surface area contributed by atoms with Gasteiger partial charge in [0.05, 0.1) is 15.6 Å². The van der Waals surface area contributed by atoms with Crippen LogP contribution in [0.15, 0.2) is 50.3 Å². The van der Waals surface area contributed by atoms with Crippen LogP contribution in [0.5, 0.6) is 0 Å². The molecule has 0 bridgehead atoms. The number of ether oxygens (including phenoxy) is 1. The van der Waals surface area contributed by atoms with Crippen molar-refractivity contribution in [2.75, 3.05) is 39.4 Å². The average molecular weight is 720 g/mol. The molecule has 2 atom stereocenters. The SMILES string of the molecule is CCO.CCOC(=N)C(O)c1ccc(F)c(Br)c1.Cl.NCCCN.OC(C1=NCCCN1)c1ccc(F)c(Br)c1. The highest BCUT2D eigenvalue weighted by Crippen LogP contribution is 2.23. The maximum Gasteiger partial charge on any atom is 0.214 e. The van der Waals surface area contributed by atoms with Crippen LogP contribution in [-0.4, -0.2) is 66.4 Å². The Morgan fingerprint density at radius 1 is 1.05 bits per heavy atom. The average Bonchev–Trinajstić information content (AvgIpc) is 2.93. The summed E-state index contributed by atoms with van der Waals surface area (Å²) in [7, 11) is 0. The summed E-state index contributed by atoms with van der Waals surface area (Å²) in [5, 5.41) is 37.7. The van der Waals surface area contributed by atoms with Gasteiger partial charge in [0.2, 0.25) is 5.90 Å². The van der Waals surface area contributed by atoms with Crippen molar-refractivity contribution in [2.24, 2.45) is 16.5 Å². The van der Waals surface area contributed by atoms with Gasteiger partial charge in [-0.1, -0.05) is 12.1 Å². The van der Waals surface area contributed by atoms with E-state index in [1.54, 1.807) is 26.0 Å². The highest BCUT2D eigenvalue weighted by molar-refractivity contribution is 9.10. The van der Waals surface area contributed by atoms with Crippen molar-refractivity contribution in [1.82, 2.24) is 5.32 Å². The zero-order valence-corrected chi connectivity index (χ0v) is 26.5. The first-order valence-electron chi connectivity index (χ1n) is 12.3. The third-order valence-electron chi connectivity index (χ3n) is 4.66. The van der Waals surface area contributed by atoms with Crippen LogP contribution in [0.1, 0.15) is 50.0 Å². The molecule has 0 fully saturated rings. The molecule has 2 aromatic rings. The number of amidine groups is 1. The predicted molar refractivity (Wildman–Crippen MR) is 165 cm³/mol. The fourth-order valence-electron chi connectivity index (χ4n) is 2.76. The molecule has 0 aromatic heterocycles. The Bertz CT molecular complexity index is 1020. The van der Waals surface area contributed by atoms with Gasteiger partial charge in [-0.3, -0.25) is 10.4 Å². The van der Waals surface area contributed by atoms with E-state index in [-0.39, 0.29) is 35.2 Å². The molecule has 0 amide bonds. The topological polar surface area (TPSA) is 170 Å². The van der Waals surface area contributed by atoms with Crippen LogP contribution in [0, 0.1) is 17.0 Å². The van der Waals surface area contributed by atoms with Crippen molar-refractivity contribution in [2.45, 2.75) is 38.9 Å². The highest BCUT2D eigenvalue weighted by Gasteiger charge is 2.18. The molecular formula is C26H40Br2ClF2N5O4. The summed E-state index contributed by atoms with van der Waals surface area (Å²) in [5.74, 6) is -0.427. The minimum atomic E-state index is -1.15. The molecule has 1 aliphatic heterocycles. The van der Waals surface area contributed by atoms with Crippen molar-refractivity contribution in [3.05, 3.63) is 68.1 Å². The Labute approximate surface area is 257 Å². The lowest BCUT2D eigenvalue weighted by Crippen LogP contribution is -2.34. The molecule has 0 spiro atoms. The van der Waals surface area contributed by atoms with Crippen LogP contribution < -0.4 is 16.8 Å². The van der Waals surface area contributed by atoms with E-state index in [4.69, 9.17) is 26.7 Å². The number of aliphatic hydroxyl groups is 3. The summed E-state index contributed by atoms with van der Waals surface area (Å²) < 4.78 is 31.4. The van der Waals surface area contributed by atoms with Crippen LogP contribution in [-0.2, 0) is 4.74 Å². The quantitative estimate of drug-likeness (QED) is 0.165. The molecule has 40 heavy (non-hydrogen) atoms. The summed E-state index contributed by atoms with van der Waals surface area (Å²) in [6.45, 7) is 6.95. The molecule has 9 nitrogen and oxygen atoms in total. The summed E-state index contributed by atoms with van der Waals surface area (Å²) >= 11 is 6.10. The second-order valence-electron chi connectivity index (χ2n) is 7.74. The number of rotatable bonds is 7. The van der Waals surface area contributed by atoms with Crippen LogP contribution in [0.4, 0.5) is 8.78 Å². The molecule has 3 rings (SSSR count). The molecule has 0 saturated heterocycles. The lowest BCUT2D eigenvalue weighted by Gasteiger charge is -2.19. The Hall–Kier alpha value is -1.71. The van der Waals surface area contributed by atoms with Crippen LogP contribution in [0.3, 0.4) is 0 Å². The maximum atomic E-state index is 13.0. The second kappa shape index (κ2) is 23.9. The number of halogens is 5. The van der Waals surface area contributed by atoms with Crippen LogP contribution in [0.25, 0.3) is 0 Å². The van der Waals surface area contributed by atoms with E-state index in [1.165, 1.54) is 24.3 Å². The van der Waals surface area contributed by atoms with E-state index in [1.807, 2.05) is 0 Å². The molecule has 0 saturated carbocycles. The molecule has 2 aromatic carbocycles. The maximum absolute atomic E-state index is 13.0. The predicted octanol–water partition coefficient (Wildman–Crippen LogP) is 4.36. The van der Waals surface area contributed by atoms with Gasteiger partial charge < -0.3 is 36.8 Å². The number of aliphatic imine (C=N–C) groups is 1. The zero-order valence-electron chi connectivity index (χ0n) is 22.5. The van der Waals surface area contributed by atoms with Gasteiger partial charge >= 0.3 is 0 Å². The third-order valence-corrected chi connectivity index (χ3v) is 5.87. The minimum absolute atomic E-state index is 0. The Balaban J connectivity index is 0. The Morgan fingerprint density at radius 2 is 1.55 bits per heavy atom. The van der Waals surface area contributed by atoms with Gasteiger partial charge in [0.25, 0.3) is 0 Å². The molecule has 0 aliphatic carbocycles. The monoisotopic (exact) mass is 717 g/mol. The highest BCUT2D eigenvalue weighted by atomic mass is 79.9. The van der Waals surface area contributed by atoms with E-state index in [9.17, 15) is 19.0 Å². The smallest absolute Gasteiger partial charge is 0.214 e. The van der Waals surface area contributed by atoms with Crippen LogP contribution in [0.2, 0.25) is 0 Å². The number of nitrogens with one attached hydrogen (secondary N) is 2. The van der Waals surface area contributed by atoms with Gasteiger partial charge in [0, 0.05) is 19.7 Å². The number of benzene rings is 2. The van der Waals surface area contributed by atoms with Gasteiger partial charge in [0.15, 0.2) is 6.10 Å². The number of nitrogens with zero attached hydrogens (tertiary/aromatic N) is 1. The van der Waals surface area contributed by atoms with Gasteiger partial charge in [-0.25, -0.2) is 8.78 Å². The molecule has 1 heterocycles. The summed E-state index contributed by atoms with van der Waals surface area (Å²) in [4.78, 5) is 4.20. The molecule has 0 radical (unpaired) electrons. The molecule has 1 aliphatic rings. The molecule has 9 N–H and O–H groups in total. The number of hydrogen-bond acceptors (Lipinski definition) is 9. The third kappa shape index (κ3) is 15.9. The van der Waals surface area contributed by atoms with Crippen molar-refractivity contribution >= 4 is 56.0 Å². The first-order valence-corrected chi connectivity index (χ1v) is 13.9. The van der Waals surface area contributed by atoms with Crippen molar-refractivity contribution in [3.8, 4) is 0 Å². The molecule has 228 valence electrons. The van der Waals surface area contributed by atoms with Gasteiger partial charge in [0.1, 0.15) is 23.6 Å². The zero-order chi connectivity index (χ0) is 29.8. The Morgan fingerprint density at radius 3 is 1.95 bits per heavy atom. The number of aliphatic hydroxyl groups excluding tert-OH is 3. The lowest BCUT2D eigenvalue weighted by atomic mass is 10.1. The summed E-state index contributed by atoms with van der Waals surface area (Å²) in [6.07, 6.45) is -0.0392. The lowest BCUT2D eigenvalue weighted by molar-refractivity contribution is 0.190. The summed E-state index contributed by atoms with van der Waals surface area (Å²) in [5.41, 5.74) is 11.2. The van der Waals surface area contributed by atoms with E-state index >= 15 is 0 Å². The fraction of sp³-hybridized carbons (Fsp3) is 0.462. The first kappa shape index (κ1) is 40.4. The van der Waals surface area contributed by atoms with Crippen molar-refractivity contribution in [3.63, 3.8) is 0 Å². The molecule has 14 heteroatoms. The van der Waals surface area contributed by atoms with Crippen LogP contribution >= 0.6 is 44.3 Å². The second-order valence-corrected chi connectivity index (χ2v) is 9.45. The Kier molecular flexibility index (Phi) is 24.2. The van der Waals surface area contributed by atoms with E-state index < -0.39 is 18.0 Å².